The number of nitrogens with zero attached hydrogens (tertiary/aromatic N) is 1. The molecular weight excluding hydrogens is 332 g/mol. The Kier molecular flexibility index (Phi) is 4.01. The molecule has 0 saturated carbocycles. The molecule has 3 atom stereocenters. The zero-order valence-electron chi connectivity index (χ0n) is 12.5. The van der Waals surface area contributed by atoms with Crippen LogP contribution in [0.5, 0.6) is 10.8 Å². The number of benzene rings is 1. The summed E-state index contributed by atoms with van der Waals surface area (Å²) in [5.41, 5.74) is 0.666. The van der Waals surface area contributed by atoms with Gasteiger partial charge in [0.2, 0.25) is 0 Å². The molecule has 1 aromatic heterocycles. The fourth-order valence-electron chi connectivity index (χ4n) is 3.34. The molecule has 2 bridgehead atoms. The molecule has 120 valence electrons. The Morgan fingerprint density at radius 2 is 2.13 bits per heavy atom. The molecule has 0 aliphatic carbocycles. The number of ether oxygens (including phenoxy) is 1. The van der Waals surface area contributed by atoms with Gasteiger partial charge in [-0.25, -0.2) is 0 Å². The van der Waals surface area contributed by atoms with Gasteiger partial charge in [-0.2, -0.15) is 0 Å². The summed E-state index contributed by atoms with van der Waals surface area (Å²) in [6.45, 7) is 3.29. The Morgan fingerprint density at radius 3 is 2.74 bits per heavy atom. The molecule has 4 rings (SSSR count). The zero-order chi connectivity index (χ0) is 15.8. The van der Waals surface area contributed by atoms with E-state index in [1.54, 1.807) is 18.2 Å². The van der Waals surface area contributed by atoms with Gasteiger partial charge in [-0.15, -0.1) is 11.3 Å². The third kappa shape index (κ3) is 3.22. The largest absolute Gasteiger partial charge is 0.447 e. The molecule has 0 spiro atoms. The van der Waals surface area contributed by atoms with Gasteiger partial charge in [0.25, 0.3) is 5.91 Å². The van der Waals surface area contributed by atoms with Crippen molar-refractivity contribution in [2.24, 2.45) is 5.92 Å². The lowest BCUT2D eigenvalue weighted by Gasteiger charge is -2.23. The second-order valence-electron chi connectivity index (χ2n) is 6.10. The third-order valence-corrected chi connectivity index (χ3v) is 5.68. The molecule has 2 saturated heterocycles. The smallest absolute Gasteiger partial charge is 0.251 e. The highest BCUT2D eigenvalue weighted by molar-refractivity contribution is 7.12. The molecule has 4 nitrogen and oxygen atoms in total. The van der Waals surface area contributed by atoms with Crippen molar-refractivity contribution in [1.29, 1.82) is 0 Å². The summed E-state index contributed by atoms with van der Waals surface area (Å²) in [6.07, 6.45) is 1.20. The molecule has 2 aliphatic rings. The molecule has 2 fully saturated rings. The maximum atomic E-state index is 12.4. The zero-order valence-corrected chi connectivity index (χ0v) is 14.1. The van der Waals surface area contributed by atoms with Crippen molar-refractivity contribution < 1.29 is 9.53 Å². The van der Waals surface area contributed by atoms with Crippen molar-refractivity contribution in [2.75, 3.05) is 19.6 Å². The summed E-state index contributed by atoms with van der Waals surface area (Å²) < 4.78 is 5.70. The van der Waals surface area contributed by atoms with Gasteiger partial charge in [0.05, 0.1) is 5.02 Å². The Morgan fingerprint density at radius 1 is 1.30 bits per heavy atom. The summed E-state index contributed by atoms with van der Waals surface area (Å²) in [5, 5.41) is 6.39. The van der Waals surface area contributed by atoms with Crippen molar-refractivity contribution in [3.05, 3.63) is 46.3 Å². The van der Waals surface area contributed by atoms with Gasteiger partial charge in [0.15, 0.2) is 5.06 Å². The average molecular weight is 349 g/mol. The second kappa shape index (κ2) is 6.15. The summed E-state index contributed by atoms with van der Waals surface area (Å²) in [4.78, 5) is 14.8. The predicted octanol–water partition coefficient (Wildman–Crippen LogP) is 3.63. The van der Waals surface area contributed by atoms with Crippen molar-refractivity contribution in [3.8, 4) is 10.8 Å². The monoisotopic (exact) mass is 348 g/mol. The molecule has 1 aromatic carbocycles. The lowest BCUT2D eigenvalue weighted by atomic mass is 9.99. The normalized spacial score (nSPS) is 25.5. The number of amides is 1. The van der Waals surface area contributed by atoms with E-state index in [1.165, 1.54) is 24.3 Å². The number of carbonyl (C=O) groups excluding carboxylic acids is 1. The fraction of sp³-hybridized carbons (Fsp3) is 0.353. The van der Waals surface area contributed by atoms with Gasteiger partial charge in [-0.3, -0.25) is 4.79 Å². The predicted molar refractivity (Wildman–Crippen MR) is 91.6 cm³/mol. The quantitative estimate of drug-likeness (QED) is 0.917. The Bertz CT molecular complexity index is 716. The number of rotatable bonds is 4. The van der Waals surface area contributed by atoms with E-state index in [9.17, 15) is 4.79 Å². The highest BCUT2D eigenvalue weighted by Crippen LogP contribution is 2.31. The van der Waals surface area contributed by atoms with E-state index in [4.69, 9.17) is 16.3 Å². The Labute approximate surface area is 144 Å². The van der Waals surface area contributed by atoms with Gasteiger partial charge in [-0.05, 0) is 43.1 Å². The third-order valence-electron chi connectivity index (χ3n) is 4.53. The number of carbonyl (C=O) groups is 1. The minimum atomic E-state index is -0.00512. The summed E-state index contributed by atoms with van der Waals surface area (Å²) in [6, 6.07) is 9.29. The van der Waals surface area contributed by atoms with Crippen molar-refractivity contribution in [3.63, 3.8) is 0 Å². The SMILES string of the molecule is O=C(NC1CN2CCC1C2)c1ccc(Oc2cc(Cl)cs2)cc1. The second-order valence-corrected chi connectivity index (χ2v) is 7.41. The van der Waals surface area contributed by atoms with Gasteiger partial charge in [0.1, 0.15) is 5.75 Å². The van der Waals surface area contributed by atoms with Gasteiger partial charge >= 0.3 is 0 Å². The van der Waals surface area contributed by atoms with Crippen LogP contribution in [-0.4, -0.2) is 36.5 Å². The van der Waals surface area contributed by atoms with Crippen LogP contribution in [0.2, 0.25) is 5.02 Å². The van der Waals surface area contributed by atoms with Crippen molar-refractivity contribution in [2.45, 2.75) is 12.5 Å². The van der Waals surface area contributed by atoms with Crippen LogP contribution in [0, 0.1) is 5.92 Å². The van der Waals surface area contributed by atoms with Gasteiger partial charge in [-0.1, -0.05) is 11.6 Å². The number of hydrogen-bond donors (Lipinski definition) is 1. The highest BCUT2D eigenvalue weighted by atomic mass is 35.5. The molecule has 6 heteroatoms. The number of piperidine rings is 1. The molecule has 1 amide bonds. The van der Waals surface area contributed by atoms with Crippen LogP contribution >= 0.6 is 22.9 Å². The first-order valence-electron chi connectivity index (χ1n) is 7.72. The van der Waals surface area contributed by atoms with Crippen LogP contribution in [0.25, 0.3) is 0 Å². The highest BCUT2D eigenvalue weighted by Gasteiger charge is 2.38. The Hall–Kier alpha value is -1.56. The van der Waals surface area contributed by atoms with Crippen LogP contribution in [0.15, 0.2) is 35.7 Å². The molecule has 3 unspecified atom stereocenters. The lowest BCUT2D eigenvalue weighted by molar-refractivity contribution is 0.0924. The van der Waals surface area contributed by atoms with E-state index in [0.29, 0.717) is 28.3 Å². The first-order valence-corrected chi connectivity index (χ1v) is 8.98. The summed E-state index contributed by atoms with van der Waals surface area (Å²) in [7, 11) is 0. The molecule has 2 aromatic rings. The summed E-state index contributed by atoms with van der Waals surface area (Å²) in [5.74, 6) is 1.31. The number of fused-ring (bicyclic) bond motifs is 2. The van der Waals surface area contributed by atoms with E-state index >= 15 is 0 Å². The topological polar surface area (TPSA) is 41.6 Å². The van der Waals surface area contributed by atoms with Crippen molar-refractivity contribution in [1.82, 2.24) is 10.2 Å². The number of nitrogens with one attached hydrogen (secondary N) is 1. The van der Waals surface area contributed by atoms with E-state index in [0.717, 1.165) is 18.2 Å². The van der Waals surface area contributed by atoms with Crippen LogP contribution in [-0.2, 0) is 0 Å². The van der Waals surface area contributed by atoms with Crippen LogP contribution < -0.4 is 10.1 Å². The minimum Gasteiger partial charge on any atom is -0.447 e. The number of halogens is 1. The molecular formula is C17H17ClN2O2S. The maximum Gasteiger partial charge on any atom is 0.251 e. The fourth-order valence-corrected chi connectivity index (χ4v) is 4.27. The molecule has 1 N–H and O–H groups in total. The van der Waals surface area contributed by atoms with Crippen molar-refractivity contribution >= 4 is 28.8 Å². The van der Waals surface area contributed by atoms with Crippen LogP contribution in [0.1, 0.15) is 16.8 Å². The molecule has 2 aliphatic heterocycles. The minimum absolute atomic E-state index is 0.00512. The number of thiophene rings is 1. The van der Waals surface area contributed by atoms with E-state index in [-0.39, 0.29) is 5.91 Å². The van der Waals surface area contributed by atoms with E-state index in [1.807, 2.05) is 17.5 Å². The van der Waals surface area contributed by atoms with E-state index < -0.39 is 0 Å². The Balaban J connectivity index is 1.38. The molecule has 23 heavy (non-hydrogen) atoms. The summed E-state index contributed by atoms with van der Waals surface area (Å²) >= 11 is 7.32. The maximum absolute atomic E-state index is 12.4. The standard InChI is InChI=1S/C17H17ClN2O2S/c18-13-7-16(23-10-13)22-14-3-1-11(2-4-14)17(21)19-15-9-20-6-5-12(15)8-20/h1-4,7,10,12,15H,5-6,8-9H2,(H,19,21). The van der Waals surface area contributed by atoms with Gasteiger partial charge in [0, 0.05) is 36.1 Å². The first-order chi connectivity index (χ1) is 11.2. The van der Waals surface area contributed by atoms with E-state index in [2.05, 4.69) is 10.2 Å². The molecule has 3 heterocycles. The first kappa shape index (κ1) is 15.0. The lowest BCUT2D eigenvalue weighted by Crippen LogP contribution is -2.43. The van der Waals surface area contributed by atoms with Crippen LogP contribution in [0.3, 0.4) is 0 Å². The average Bonchev–Trinajstić information content (AvgIpc) is 3.25. The van der Waals surface area contributed by atoms with Crippen LogP contribution in [0.4, 0.5) is 0 Å². The van der Waals surface area contributed by atoms with Gasteiger partial charge < -0.3 is 15.0 Å². The molecule has 0 radical (unpaired) electrons. The number of hydrogen-bond acceptors (Lipinski definition) is 4.